The summed E-state index contributed by atoms with van der Waals surface area (Å²) in [5.74, 6) is 1.86. The van der Waals surface area contributed by atoms with Crippen LogP contribution in [0, 0.1) is 11.3 Å². The van der Waals surface area contributed by atoms with E-state index in [9.17, 15) is 9.59 Å². The van der Waals surface area contributed by atoms with Crippen molar-refractivity contribution in [3.05, 3.63) is 60.5 Å². The number of hydrogen-bond donors (Lipinski definition) is 1. The molecule has 4 heterocycles. The number of likely N-dealkylation sites (tertiary alicyclic amines) is 1. The number of fused-ring (bicyclic) bond motifs is 2. The number of rotatable bonds is 6. The minimum absolute atomic E-state index is 0.00373. The summed E-state index contributed by atoms with van der Waals surface area (Å²) in [7, 11) is 1.62. The normalized spacial score (nSPS) is 25.7. The third kappa shape index (κ3) is 2.81. The Bertz CT molecular complexity index is 1540. The predicted octanol–water partition coefficient (Wildman–Crippen LogP) is 4.36. The predicted molar refractivity (Wildman–Crippen MR) is 134 cm³/mol. The quantitative estimate of drug-likeness (QED) is 0.394. The van der Waals surface area contributed by atoms with Gasteiger partial charge in [-0.2, -0.15) is 0 Å². The summed E-state index contributed by atoms with van der Waals surface area (Å²) < 4.78 is 13.1. The number of carbonyl (C=O) groups excluding carboxylic acids is 2. The Morgan fingerprint density at radius 2 is 2.22 bits per heavy atom. The molecule has 2 saturated carbocycles. The van der Waals surface area contributed by atoms with Crippen LogP contribution in [0.3, 0.4) is 0 Å². The van der Waals surface area contributed by atoms with Crippen LogP contribution in [-0.4, -0.2) is 50.9 Å². The van der Waals surface area contributed by atoms with Gasteiger partial charge in [0.05, 0.1) is 28.6 Å². The van der Waals surface area contributed by atoms with Crippen molar-refractivity contribution in [1.82, 2.24) is 19.4 Å². The third-order valence-corrected chi connectivity index (χ3v) is 9.16. The number of imidazole rings is 1. The van der Waals surface area contributed by atoms with E-state index in [0.29, 0.717) is 33.8 Å². The molecule has 1 spiro atoms. The second-order valence-electron chi connectivity index (χ2n) is 9.58. The van der Waals surface area contributed by atoms with Gasteiger partial charge in [0.25, 0.3) is 5.91 Å². The summed E-state index contributed by atoms with van der Waals surface area (Å²) in [4.78, 5) is 37.8. The Morgan fingerprint density at radius 3 is 3.00 bits per heavy atom. The zero-order valence-electron chi connectivity index (χ0n) is 19.5. The van der Waals surface area contributed by atoms with Crippen molar-refractivity contribution >= 4 is 40.1 Å². The number of amides is 2. The first-order chi connectivity index (χ1) is 17.6. The fraction of sp³-hybridized carbons (Fsp3) is 0.308. The van der Waals surface area contributed by atoms with Gasteiger partial charge >= 0.3 is 0 Å². The summed E-state index contributed by atoms with van der Waals surface area (Å²) in [6.45, 7) is 4.46. The average Bonchev–Trinajstić information content (AvgIpc) is 3.55. The standard InChI is InChI=1S/C26H23N5O4S/c1-3-20(32)30-10-9-26-11-15(21(26)23(26)30)31-14-5-4-6-16(34-2)22(14)28-25(31)29-24(33)19-8-7-18(36-19)17-12-27-13-35-17/h3-8,12-13,15,21,23H,1,9-11H2,2H3,(H,28,29,33)/t15-,21?,23?,26+/m1/s1. The first-order valence-corrected chi connectivity index (χ1v) is 12.7. The van der Waals surface area contributed by atoms with Crippen molar-refractivity contribution in [3.8, 4) is 16.4 Å². The van der Waals surface area contributed by atoms with Gasteiger partial charge in [-0.1, -0.05) is 12.6 Å². The molecule has 4 atom stereocenters. The maximum Gasteiger partial charge on any atom is 0.268 e. The molecule has 36 heavy (non-hydrogen) atoms. The maximum atomic E-state index is 13.3. The van der Waals surface area contributed by atoms with Crippen LogP contribution in [0.4, 0.5) is 5.95 Å². The topological polar surface area (TPSA) is 102 Å². The summed E-state index contributed by atoms with van der Waals surface area (Å²) in [6.07, 6.45) is 6.35. The van der Waals surface area contributed by atoms with Gasteiger partial charge in [0, 0.05) is 30.0 Å². The number of aromatic nitrogens is 3. The van der Waals surface area contributed by atoms with Crippen LogP contribution in [0.25, 0.3) is 21.7 Å². The zero-order chi connectivity index (χ0) is 24.6. The van der Waals surface area contributed by atoms with Crippen molar-refractivity contribution in [2.45, 2.75) is 24.9 Å². The third-order valence-electron chi connectivity index (χ3n) is 8.06. The van der Waals surface area contributed by atoms with Crippen molar-refractivity contribution in [2.75, 3.05) is 19.0 Å². The molecule has 1 saturated heterocycles. The number of carbonyl (C=O) groups is 2. The molecule has 2 aliphatic carbocycles. The molecule has 2 unspecified atom stereocenters. The van der Waals surface area contributed by atoms with Crippen LogP contribution in [0.2, 0.25) is 0 Å². The number of methoxy groups -OCH3 is 1. The van der Waals surface area contributed by atoms with E-state index in [2.05, 4.69) is 21.4 Å². The highest BCUT2D eigenvalue weighted by molar-refractivity contribution is 7.17. The molecule has 3 aliphatic rings. The smallest absolute Gasteiger partial charge is 0.268 e. The lowest BCUT2D eigenvalue weighted by Gasteiger charge is -2.36. The highest BCUT2D eigenvalue weighted by Crippen LogP contribution is 2.78. The molecule has 1 aliphatic heterocycles. The molecule has 3 fully saturated rings. The highest BCUT2D eigenvalue weighted by Gasteiger charge is 2.80. The Hall–Kier alpha value is -3.92. The van der Waals surface area contributed by atoms with Crippen LogP contribution in [0.15, 0.2) is 60.0 Å². The second-order valence-corrected chi connectivity index (χ2v) is 10.7. The zero-order valence-corrected chi connectivity index (χ0v) is 20.3. The van der Waals surface area contributed by atoms with E-state index >= 15 is 0 Å². The number of ether oxygens (including phenoxy) is 1. The number of para-hydroxylation sites is 1. The van der Waals surface area contributed by atoms with E-state index in [4.69, 9.17) is 14.1 Å². The molecule has 182 valence electrons. The molecule has 3 aromatic heterocycles. The second kappa shape index (κ2) is 7.54. The molecule has 2 amide bonds. The van der Waals surface area contributed by atoms with Gasteiger partial charge in [0.2, 0.25) is 11.9 Å². The van der Waals surface area contributed by atoms with Gasteiger partial charge in [0.15, 0.2) is 12.2 Å². The van der Waals surface area contributed by atoms with E-state index in [0.717, 1.165) is 29.8 Å². The number of hydrogen-bond acceptors (Lipinski definition) is 7. The minimum Gasteiger partial charge on any atom is -0.494 e. The molecule has 0 radical (unpaired) electrons. The van der Waals surface area contributed by atoms with Gasteiger partial charge < -0.3 is 18.6 Å². The molecule has 9 nitrogen and oxygen atoms in total. The van der Waals surface area contributed by atoms with Crippen LogP contribution >= 0.6 is 11.3 Å². The number of benzene rings is 1. The molecule has 10 heteroatoms. The lowest BCUT2D eigenvalue weighted by molar-refractivity contribution is -0.126. The van der Waals surface area contributed by atoms with Crippen LogP contribution < -0.4 is 10.1 Å². The van der Waals surface area contributed by atoms with Crippen molar-refractivity contribution in [1.29, 1.82) is 0 Å². The summed E-state index contributed by atoms with van der Waals surface area (Å²) in [5.41, 5.74) is 1.79. The fourth-order valence-corrected chi connectivity index (χ4v) is 7.34. The van der Waals surface area contributed by atoms with Crippen molar-refractivity contribution < 1.29 is 18.7 Å². The van der Waals surface area contributed by atoms with Gasteiger partial charge in [-0.25, -0.2) is 9.97 Å². The highest BCUT2D eigenvalue weighted by atomic mass is 32.1. The van der Waals surface area contributed by atoms with Gasteiger partial charge in [-0.15, -0.1) is 11.3 Å². The van der Waals surface area contributed by atoms with E-state index < -0.39 is 0 Å². The molecular formula is C26H23N5O4S. The molecule has 1 N–H and O–H groups in total. The first kappa shape index (κ1) is 21.4. The molecule has 4 aromatic rings. The summed E-state index contributed by atoms with van der Waals surface area (Å²) in [5, 5.41) is 3.05. The molecule has 0 bridgehead atoms. The van der Waals surface area contributed by atoms with E-state index in [1.54, 1.807) is 19.4 Å². The Labute approximate surface area is 210 Å². The van der Waals surface area contributed by atoms with Gasteiger partial charge in [0.1, 0.15) is 11.3 Å². The first-order valence-electron chi connectivity index (χ1n) is 11.8. The number of piperidine rings is 1. The molecule has 1 aromatic carbocycles. The van der Waals surface area contributed by atoms with E-state index in [1.807, 2.05) is 29.2 Å². The largest absolute Gasteiger partial charge is 0.494 e. The summed E-state index contributed by atoms with van der Waals surface area (Å²) in [6, 6.07) is 9.78. The van der Waals surface area contributed by atoms with Crippen LogP contribution in [-0.2, 0) is 4.79 Å². The Morgan fingerprint density at radius 1 is 1.33 bits per heavy atom. The number of thiophene rings is 1. The molecule has 7 rings (SSSR count). The van der Waals surface area contributed by atoms with Crippen molar-refractivity contribution in [2.24, 2.45) is 11.3 Å². The minimum atomic E-state index is -0.241. The Balaban J connectivity index is 1.23. The lowest BCUT2D eigenvalue weighted by atomic mass is 9.77. The van der Waals surface area contributed by atoms with Gasteiger partial charge in [-0.3, -0.25) is 14.9 Å². The lowest BCUT2D eigenvalue weighted by Crippen LogP contribution is -2.34. The number of oxazole rings is 1. The number of anilines is 1. The number of nitrogens with zero attached hydrogens (tertiary/aromatic N) is 4. The number of nitrogens with one attached hydrogen (secondary N) is 1. The summed E-state index contributed by atoms with van der Waals surface area (Å²) >= 11 is 1.33. The van der Waals surface area contributed by atoms with Crippen molar-refractivity contribution in [3.63, 3.8) is 0 Å². The van der Waals surface area contributed by atoms with Crippen LogP contribution in [0.1, 0.15) is 28.6 Å². The van der Waals surface area contributed by atoms with Gasteiger partial charge in [-0.05, 0) is 43.2 Å². The maximum absolute atomic E-state index is 13.3. The monoisotopic (exact) mass is 501 g/mol. The fourth-order valence-electron chi connectivity index (χ4n) is 6.49. The SMILES string of the molecule is C=CC(=O)N1CC[C@]23C[C@@H](n4c(NC(=O)c5ccc(-c6cnco6)s5)nc5c(OC)cccc54)C2C13. The van der Waals surface area contributed by atoms with Crippen LogP contribution in [0.5, 0.6) is 5.75 Å². The van der Waals surface area contributed by atoms with E-state index in [-0.39, 0.29) is 29.3 Å². The average molecular weight is 502 g/mol. The molecular weight excluding hydrogens is 478 g/mol. The van der Waals surface area contributed by atoms with E-state index in [1.165, 1.54) is 23.8 Å². The Kier molecular flexibility index (Phi) is 4.47.